The largest absolute Gasteiger partial charge is 0.485 e. The molecule has 0 unspecified atom stereocenters. The summed E-state index contributed by atoms with van der Waals surface area (Å²) in [7, 11) is 0. The second-order valence-corrected chi connectivity index (χ2v) is 4.28. The predicted octanol–water partition coefficient (Wildman–Crippen LogP) is 3.92. The van der Waals surface area contributed by atoms with Crippen LogP contribution in [0.1, 0.15) is 30.1 Å². The third-order valence-corrected chi connectivity index (χ3v) is 3.25. The highest BCUT2D eigenvalue weighted by Gasteiger charge is 2.31. The van der Waals surface area contributed by atoms with Gasteiger partial charge in [0.25, 0.3) is 0 Å². The lowest BCUT2D eigenvalue weighted by Gasteiger charge is -2.15. The van der Waals surface area contributed by atoms with Crippen molar-refractivity contribution in [3.63, 3.8) is 0 Å². The van der Waals surface area contributed by atoms with Crippen LogP contribution in [0.4, 0.5) is 0 Å². The molecule has 1 heterocycles. The van der Waals surface area contributed by atoms with Gasteiger partial charge in [-0.3, -0.25) is 0 Å². The van der Waals surface area contributed by atoms with Gasteiger partial charge in [0.1, 0.15) is 11.9 Å². The van der Waals surface area contributed by atoms with Gasteiger partial charge in [-0.1, -0.05) is 55.5 Å². The lowest BCUT2D eigenvalue weighted by Crippen LogP contribution is -2.06. The van der Waals surface area contributed by atoms with E-state index in [-0.39, 0.29) is 6.10 Å². The molecule has 0 fully saturated rings. The summed E-state index contributed by atoms with van der Waals surface area (Å²) in [6, 6.07) is 18.7. The Morgan fingerprint density at radius 2 is 1.56 bits per heavy atom. The molecule has 0 saturated carbocycles. The molecule has 2 atom stereocenters. The smallest absolute Gasteiger partial charge is 0.130 e. The average Bonchev–Trinajstić information content (AvgIpc) is 2.69. The summed E-state index contributed by atoms with van der Waals surface area (Å²) in [5.41, 5.74) is 2.57. The highest BCUT2D eigenvalue weighted by atomic mass is 16.5. The van der Waals surface area contributed by atoms with E-state index in [0.29, 0.717) is 5.92 Å². The molecule has 0 aromatic heterocycles. The van der Waals surface area contributed by atoms with Crippen molar-refractivity contribution in [1.82, 2.24) is 0 Å². The predicted molar refractivity (Wildman–Crippen MR) is 64.7 cm³/mol. The van der Waals surface area contributed by atoms with Crippen molar-refractivity contribution in [2.24, 2.45) is 0 Å². The van der Waals surface area contributed by atoms with Crippen LogP contribution in [0.2, 0.25) is 0 Å². The van der Waals surface area contributed by atoms with Crippen LogP contribution in [0.15, 0.2) is 54.6 Å². The standard InChI is InChI=1S/C15H14O/c1-11-13-9-5-6-10-14(13)16-15(11)12-7-3-2-4-8-12/h2-11,15H,1H3/t11-,15-/m1/s1. The van der Waals surface area contributed by atoms with Gasteiger partial charge in [0, 0.05) is 11.5 Å². The topological polar surface area (TPSA) is 9.23 Å². The summed E-state index contributed by atoms with van der Waals surface area (Å²) in [6.45, 7) is 2.23. The number of ether oxygens (including phenoxy) is 1. The first kappa shape index (κ1) is 9.46. The molecule has 1 aliphatic heterocycles. The lowest BCUT2D eigenvalue weighted by atomic mass is 9.93. The first-order valence-electron chi connectivity index (χ1n) is 5.67. The second kappa shape index (κ2) is 3.67. The van der Waals surface area contributed by atoms with Crippen molar-refractivity contribution in [1.29, 1.82) is 0 Å². The zero-order valence-electron chi connectivity index (χ0n) is 9.26. The van der Waals surface area contributed by atoms with Gasteiger partial charge in [-0.15, -0.1) is 0 Å². The van der Waals surface area contributed by atoms with Gasteiger partial charge in [0.2, 0.25) is 0 Å². The van der Waals surface area contributed by atoms with E-state index < -0.39 is 0 Å². The highest BCUT2D eigenvalue weighted by Crippen LogP contribution is 2.45. The summed E-state index contributed by atoms with van der Waals surface area (Å²) >= 11 is 0. The van der Waals surface area contributed by atoms with E-state index in [1.807, 2.05) is 12.1 Å². The molecule has 1 nitrogen and oxygen atoms in total. The molecule has 0 bridgehead atoms. The maximum absolute atomic E-state index is 6.01. The number of para-hydroxylation sites is 1. The summed E-state index contributed by atoms with van der Waals surface area (Å²) in [5, 5.41) is 0. The normalized spacial score (nSPS) is 22.6. The van der Waals surface area contributed by atoms with Gasteiger partial charge in [0.15, 0.2) is 0 Å². The monoisotopic (exact) mass is 210 g/mol. The molecule has 0 N–H and O–H groups in total. The van der Waals surface area contributed by atoms with Crippen LogP contribution in [0.25, 0.3) is 0 Å². The number of fused-ring (bicyclic) bond motifs is 1. The Morgan fingerprint density at radius 1 is 0.875 bits per heavy atom. The maximum atomic E-state index is 6.01. The zero-order chi connectivity index (χ0) is 11.0. The van der Waals surface area contributed by atoms with Crippen LogP contribution >= 0.6 is 0 Å². The fourth-order valence-corrected chi connectivity index (χ4v) is 2.37. The quantitative estimate of drug-likeness (QED) is 0.693. The second-order valence-electron chi connectivity index (χ2n) is 4.28. The molecule has 1 heteroatoms. The Morgan fingerprint density at radius 3 is 2.31 bits per heavy atom. The van der Waals surface area contributed by atoms with Crippen LogP contribution < -0.4 is 4.74 Å². The van der Waals surface area contributed by atoms with Crippen molar-refractivity contribution >= 4 is 0 Å². The van der Waals surface area contributed by atoms with Crippen molar-refractivity contribution in [3.05, 3.63) is 65.7 Å². The molecule has 0 aliphatic carbocycles. The van der Waals surface area contributed by atoms with Crippen molar-refractivity contribution < 1.29 is 4.74 Å². The minimum Gasteiger partial charge on any atom is -0.485 e. The number of hydrogen-bond acceptors (Lipinski definition) is 1. The minimum absolute atomic E-state index is 0.165. The van der Waals surface area contributed by atoms with Crippen molar-refractivity contribution in [2.75, 3.05) is 0 Å². The van der Waals surface area contributed by atoms with Gasteiger partial charge in [-0.2, -0.15) is 0 Å². The third-order valence-electron chi connectivity index (χ3n) is 3.25. The summed E-state index contributed by atoms with van der Waals surface area (Å²) in [6.07, 6.45) is 0.165. The Labute approximate surface area is 95.7 Å². The molecule has 0 saturated heterocycles. The molecule has 0 radical (unpaired) electrons. The summed E-state index contributed by atoms with van der Waals surface area (Å²) in [4.78, 5) is 0. The van der Waals surface area contributed by atoms with E-state index in [2.05, 4.69) is 49.4 Å². The molecule has 1 aliphatic rings. The average molecular weight is 210 g/mol. The minimum atomic E-state index is 0.165. The van der Waals surface area contributed by atoms with Crippen molar-refractivity contribution in [2.45, 2.75) is 18.9 Å². The Kier molecular flexibility index (Phi) is 2.17. The Bertz CT molecular complexity index is 490. The van der Waals surface area contributed by atoms with E-state index in [0.717, 1.165) is 5.75 Å². The molecule has 80 valence electrons. The van der Waals surface area contributed by atoms with E-state index >= 15 is 0 Å². The Hall–Kier alpha value is -1.76. The molecule has 3 rings (SSSR count). The SMILES string of the molecule is C[C@@H]1c2ccccc2O[C@H]1c1ccccc1. The lowest BCUT2D eigenvalue weighted by molar-refractivity contribution is 0.216. The number of benzene rings is 2. The number of rotatable bonds is 1. The van der Waals surface area contributed by atoms with Crippen LogP contribution in [0.5, 0.6) is 5.75 Å². The molecular formula is C15H14O. The first-order chi connectivity index (χ1) is 7.86. The highest BCUT2D eigenvalue weighted by molar-refractivity contribution is 5.42. The van der Waals surface area contributed by atoms with E-state index in [1.165, 1.54) is 11.1 Å². The van der Waals surface area contributed by atoms with E-state index in [1.54, 1.807) is 0 Å². The zero-order valence-corrected chi connectivity index (χ0v) is 9.26. The summed E-state index contributed by atoms with van der Waals surface area (Å²) in [5.74, 6) is 1.46. The molecule has 0 spiro atoms. The molecular weight excluding hydrogens is 196 g/mol. The van der Waals surface area contributed by atoms with Crippen molar-refractivity contribution in [3.8, 4) is 5.75 Å². The van der Waals surface area contributed by atoms with Gasteiger partial charge >= 0.3 is 0 Å². The summed E-state index contributed by atoms with van der Waals surface area (Å²) < 4.78 is 6.01. The van der Waals surface area contributed by atoms with E-state index in [4.69, 9.17) is 4.74 Å². The van der Waals surface area contributed by atoms with E-state index in [9.17, 15) is 0 Å². The Balaban J connectivity index is 1.99. The van der Waals surface area contributed by atoms with Gasteiger partial charge in [-0.05, 0) is 11.6 Å². The van der Waals surface area contributed by atoms with Crippen LogP contribution in [0.3, 0.4) is 0 Å². The fourth-order valence-electron chi connectivity index (χ4n) is 2.37. The van der Waals surface area contributed by atoms with Gasteiger partial charge in [-0.25, -0.2) is 0 Å². The van der Waals surface area contributed by atoms with Crippen LogP contribution in [-0.4, -0.2) is 0 Å². The van der Waals surface area contributed by atoms with Crippen LogP contribution in [-0.2, 0) is 0 Å². The van der Waals surface area contributed by atoms with Gasteiger partial charge < -0.3 is 4.74 Å². The maximum Gasteiger partial charge on any atom is 0.130 e. The van der Waals surface area contributed by atoms with Crippen LogP contribution in [0, 0.1) is 0 Å². The molecule has 0 amide bonds. The molecule has 16 heavy (non-hydrogen) atoms. The molecule has 2 aromatic carbocycles. The molecule has 2 aromatic rings. The van der Waals surface area contributed by atoms with Gasteiger partial charge in [0.05, 0.1) is 0 Å². The third kappa shape index (κ3) is 1.40. The first-order valence-corrected chi connectivity index (χ1v) is 5.67. The fraction of sp³-hybridized carbons (Fsp3) is 0.200. The number of hydrogen-bond donors (Lipinski definition) is 0.